The Morgan fingerprint density at radius 1 is 1.38 bits per heavy atom. The van der Waals surface area contributed by atoms with Crippen molar-refractivity contribution < 1.29 is 4.79 Å². The van der Waals surface area contributed by atoms with Crippen molar-refractivity contribution in [2.45, 2.75) is 40.0 Å². The second-order valence-electron chi connectivity index (χ2n) is 6.77. The zero-order chi connectivity index (χ0) is 15.6. The smallest absolute Gasteiger partial charge is 0.267 e. The van der Waals surface area contributed by atoms with Crippen LogP contribution in [0.2, 0.25) is 0 Å². The van der Waals surface area contributed by atoms with Crippen LogP contribution >= 0.6 is 11.3 Å². The van der Waals surface area contributed by atoms with Gasteiger partial charge in [0.05, 0.1) is 0 Å². The van der Waals surface area contributed by atoms with Crippen molar-refractivity contribution in [2.24, 2.45) is 11.3 Å². The Morgan fingerprint density at radius 3 is 2.67 bits per heavy atom. The molecule has 0 radical (unpaired) electrons. The number of aromatic nitrogens is 1. The molecule has 6 heteroatoms. The average Bonchev–Trinajstić information content (AvgIpc) is 2.63. The van der Waals surface area contributed by atoms with Gasteiger partial charge in [-0.1, -0.05) is 32.1 Å². The largest absolute Gasteiger partial charge is 0.382 e. The maximum atomic E-state index is 12.6. The molecule has 1 atom stereocenters. The molecule has 1 amide bonds. The van der Waals surface area contributed by atoms with E-state index in [1.165, 1.54) is 17.8 Å². The molecule has 0 bridgehead atoms. The predicted octanol–water partition coefficient (Wildman–Crippen LogP) is 3.06. The molecule has 2 heterocycles. The highest BCUT2D eigenvalue weighted by atomic mass is 32.1. The number of carbonyl (C=O) groups excluding carboxylic acids is 1. The lowest BCUT2D eigenvalue weighted by molar-refractivity contribution is 0.0761. The van der Waals surface area contributed by atoms with Gasteiger partial charge < -0.3 is 16.0 Å². The van der Waals surface area contributed by atoms with Crippen LogP contribution in [0, 0.1) is 11.3 Å². The monoisotopic (exact) mass is 310 g/mol. The Morgan fingerprint density at radius 2 is 2.10 bits per heavy atom. The summed E-state index contributed by atoms with van der Waals surface area (Å²) in [6.07, 6.45) is 3.31. The molecule has 1 saturated heterocycles. The van der Waals surface area contributed by atoms with Gasteiger partial charge in [0.15, 0.2) is 5.13 Å². The highest BCUT2D eigenvalue weighted by molar-refractivity contribution is 7.18. The van der Waals surface area contributed by atoms with E-state index in [2.05, 4.69) is 31.1 Å². The van der Waals surface area contributed by atoms with Gasteiger partial charge in [-0.25, -0.2) is 4.98 Å². The Bertz CT molecular complexity index is 506. The molecule has 0 saturated carbocycles. The SMILES string of the molecule is CNc1nc(N)c(C(=O)N2CCCC(C(C)(C)C)CC2)s1. The van der Waals surface area contributed by atoms with Gasteiger partial charge in [-0.3, -0.25) is 4.79 Å². The van der Waals surface area contributed by atoms with Crippen molar-refractivity contribution in [1.82, 2.24) is 9.88 Å². The van der Waals surface area contributed by atoms with Gasteiger partial charge in [0.2, 0.25) is 0 Å². The average molecular weight is 310 g/mol. The number of nitrogens with one attached hydrogen (secondary N) is 1. The molecule has 0 spiro atoms. The zero-order valence-electron chi connectivity index (χ0n) is 13.4. The normalized spacial score (nSPS) is 20.2. The molecular weight excluding hydrogens is 284 g/mol. The van der Waals surface area contributed by atoms with Gasteiger partial charge in [-0.05, 0) is 30.6 Å². The van der Waals surface area contributed by atoms with Crippen LogP contribution in [-0.4, -0.2) is 35.9 Å². The zero-order valence-corrected chi connectivity index (χ0v) is 14.2. The number of nitrogens with two attached hydrogens (primary N) is 1. The van der Waals surface area contributed by atoms with Crippen molar-refractivity contribution in [3.8, 4) is 0 Å². The second-order valence-corrected chi connectivity index (χ2v) is 7.77. The fourth-order valence-corrected chi connectivity index (χ4v) is 3.71. The van der Waals surface area contributed by atoms with E-state index in [1.54, 1.807) is 7.05 Å². The van der Waals surface area contributed by atoms with Crippen molar-refractivity contribution in [1.29, 1.82) is 0 Å². The third kappa shape index (κ3) is 3.67. The predicted molar refractivity (Wildman–Crippen MR) is 88.8 cm³/mol. The van der Waals surface area contributed by atoms with E-state index in [9.17, 15) is 4.79 Å². The summed E-state index contributed by atoms with van der Waals surface area (Å²) in [4.78, 5) is 19.3. The van der Waals surface area contributed by atoms with E-state index in [-0.39, 0.29) is 5.91 Å². The maximum absolute atomic E-state index is 12.6. The first-order valence-electron chi connectivity index (χ1n) is 7.56. The van der Waals surface area contributed by atoms with Crippen molar-refractivity contribution in [3.63, 3.8) is 0 Å². The number of amides is 1. The summed E-state index contributed by atoms with van der Waals surface area (Å²) in [6, 6.07) is 0. The minimum absolute atomic E-state index is 0.0288. The molecule has 2 rings (SSSR count). The summed E-state index contributed by atoms with van der Waals surface area (Å²) in [5.41, 5.74) is 6.18. The van der Waals surface area contributed by atoms with Gasteiger partial charge >= 0.3 is 0 Å². The standard InChI is InChI=1S/C15H26N4OS/c1-15(2,3)10-6-5-8-19(9-7-10)13(20)11-12(16)18-14(17-4)21-11/h10H,5-9,16H2,1-4H3,(H,17,18). The fourth-order valence-electron chi connectivity index (χ4n) is 2.90. The number of hydrogen-bond acceptors (Lipinski definition) is 5. The Hall–Kier alpha value is -1.30. The quantitative estimate of drug-likeness (QED) is 0.880. The fraction of sp³-hybridized carbons (Fsp3) is 0.733. The van der Waals surface area contributed by atoms with Crippen LogP contribution in [0.25, 0.3) is 0 Å². The number of rotatable bonds is 2. The molecule has 5 nitrogen and oxygen atoms in total. The number of thiazole rings is 1. The molecule has 21 heavy (non-hydrogen) atoms. The van der Waals surface area contributed by atoms with Gasteiger partial charge in [-0.2, -0.15) is 0 Å². The first-order valence-corrected chi connectivity index (χ1v) is 8.38. The molecule has 1 aromatic rings. The van der Waals surface area contributed by atoms with Gasteiger partial charge in [0, 0.05) is 20.1 Å². The lowest BCUT2D eigenvalue weighted by atomic mass is 9.77. The Balaban J connectivity index is 2.08. The van der Waals surface area contributed by atoms with Crippen molar-refractivity contribution in [3.05, 3.63) is 4.88 Å². The van der Waals surface area contributed by atoms with Gasteiger partial charge in [0.25, 0.3) is 5.91 Å². The third-order valence-electron chi connectivity index (χ3n) is 4.30. The second kappa shape index (κ2) is 6.22. The van der Waals surface area contributed by atoms with Crippen LogP contribution in [0.1, 0.15) is 49.7 Å². The summed E-state index contributed by atoms with van der Waals surface area (Å²) in [6.45, 7) is 8.49. The van der Waals surface area contributed by atoms with Crippen LogP contribution in [-0.2, 0) is 0 Å². The van der Waals surface area contributed by atoms with Gasteiger partial charge in [-0.15, -0.1) is 0 Å². The number of carbonyl (C=O) groups is 1. The van der Waals surface area contributed by atoms with Crippen LogP contribution < -0.4 is 11.1 Å². The molecular formula is C15H26N4OS. The molecule has 0 aromatic carbocycles. The van der Waals surface area contributed by atoms with Gasteiger partial charge in [0.1, 0.15) is 10.7 Å². The Labute approximate surface area is 130 Å². The lowest BCUT2D eigenvalue weighted by Crippen LogP contribution is -2.32. The number of anilines is 2. The topological polar surface area (TPSA) is 71.2 Å². The molecule has 1 aliphatic heterocycles. The first-order chi connectivity index (χ1) is 9.82. The molecule has 1 aliphatic rings. The van der Waals surface area contributed by atoms with E-state index in [4.69, 9.17) is 5.73 Å². The summed E-state index contributed by atoms with van der Waals surface area (Å²) in [5.74, 6) is 1.04. The van der Waals surface area contributed by atoms with Crippen LogP contribution in [0.15, 0.2) is 0 Å². The number of nitrogens with zero attached hydrogens (tertiary/aromatic N) is 2. The molecule has 1 aromatic heterocycles. The summed E-state index contributed by atoms with van der Waals surface area (Å²) in [7, 11) is 1.78. The maximum Gasteiger partial charge on any atom is 0.267 e. The Kier molecular flexibility index (Phi) is 4.76. The molecule has 1 unspecified atom stereocenters. The molecule has 3 N–H and O–H groups in total. The van der Waals surface area contributed by atoms with Crippen molar-refractivity contribution in [2.75, 3.05) is 31.2 Å². The van der Waals surface area contributed by atoms with E-state index in [0.717, 1.165) is 25.9 Å². The van der Waals surface area contributed by atoms with E-state index >= 15 is 0 Å². The van der Waals surface area contributed by atoms with Crippen LogP contribution in [0.3, 0.4) is 0 Å². The molecule has 1 fully saturated rings. The minimum atomic E-state index is 0.0288. The molecule has 0 aliphatic carbocycles. The van der Waals surface area contributed by atoms with Crippen LogP contribution in [0.5, 0.6) is 0 Å². The van der Waals surface area contributed by atoms with Crippen molar-refractivity contribution >= 4 is 28.2 Å². The van der Waals surface area contributed by atoms with E-state index < -0.39 is 0 Å². The summed E-state index contributed by atoms with van der Waals surface area (Å²) >= 11 is 1.34. The minimum Gasteiger partial charge on any atom is -0.382 e. The molecule has 118 valence electrons. The highest BCUT2D eigenvalue weighted by Crippen LogP contribution is 2.35. The first kappa shape index (κ1) is 16.1. The number of hydrogen-bond donors (Lipinski definition) is 2. The summed E-state index contributed by atoms with van der Waals surface area (Å²) < 4.78 is 0. The van der Waals surface area contributed by atoms with E-state index in [1.807, 2.05) is 4.90 Å². The van der Waals surface area contributed by atoms with E-state index in [0.29, 0.717) is 27.2 Å². The third-order valence-corrected chi connectivity index (χ3v) is 5.38. The number of likely N-dealkylation sites (tertiary alicyclic amines) is 1. The lowest BCUT2D eigenvalue weighted by Gasteiger charge is -2.29. The number of nitrogen functional groups attached to an aromatic ring is 1. The van der Waals surface area contributed by atoms with Crippen LogP contribution in [0.4, 0.5) is 10.9 Å². The highest BCUT2D eigenvalue weighted by Gasteiger charge is 2.30. The summed E-state index contributed by atoms with van der Waals surface area (Å²) in [5, 5.41) is 3.63.